The van der Waals surface area contributed by atoms with Crippen molar-refractivity contribution in [1.29, 1.82) is 0 Å². The van der Waals surface area contributed by atoms with Crippen molar-refractivity contribution in [2.45, 2.75) is 19.8 Å². The first kappa shape index (κ1) is 12.6. The van der Waals surface area contributed by atoms with Crippen molar-refractivity contribution in [3.05, 3.63) is 46.8 Å². The van der Waals surface area contributed by atoms with Gasteiger partial charge in [0.2, 0.25) is 0 Å². The summed E-state index contributed by atoms with van der Waals surface area (Å²) in [5.74, 6) is 0.744. The van der Waals surface area contributed by atoms with Gasteiger partial charge in [0.25, 0.3) is 5.56 Å². The Balaban J connectivity index is 2.27. The molecule has 0 saturated carbocycles. The van der Waals surface area contributed by atoms with Gasteiger partial charge in [-0.2, -0.15) is 5.10 Å². The van der Waals surface area contributed by atoms with E-state index in [9.17, 15) is 4.79 Å². The molecule has 0 aliphatic rings. The summed E-state index contributed by atoms with van der Waals surface area (Å²) in [4.78, 5) is 19.8. The molecule has 3 rings (SSSR count). The molecule has 20 heavy (non-hydrogen) atoms. The first-order chi connectivity index (χ1) is 9.69. The molecule has 0 saturated heterocycles. The van der Waals surface area contributed by atoms with Crippen LogP contribution >= 0.6 is 0 Å². The highest BCUT2D eigenvalue weighted by atomic mass is 16.1. The summed E-state index contributed by atoms with van der Waals surface area (Å²) in [6.07, 6.45) is 5.39. The molecule has 1 N–H and O–H groups in total. The molecule has 0 aliphatic heterocycles. The second-order valence-corrected chi connectivity index (χ2v) is 4.87. The molecule has 2 heterocycles. The summed E-state index contributed by atoms with van der Waals surface area (Å²) in [6.45, 7) is 2.07. The van der Waals surface area contributed by atoms with Gasteiger partial charge < -0.3 is 4.98 Å². The van der Waals surface area contributed by atoms with Crippen LogP contribution in [0.5, 0.6) is 0 Å². The molecule has 102 valence electrons. The van der Waals surface area contributed by atoms with E-state index in [1.54, 1.807) is 10.9 Å². The van der Waals surface area contributed by atoms with E-state index in [0.717, 1.165) is 35.3 Å². The second-order valence-electron chi connectivity index (χ2n) is 4.87. The van der Waals surface area contributed by atoms with Crippen molar-refractivity contribution in [3.8, 4) is 11.1 Å². The Labute approximate surface area is 116 Å². The largest absolute Gasteiger partial charge is 0.310 e. The van der Waals surface area contributed by atoms with Crippen LogP contribution in [-0.4, -0.2) is 19.7 Å². The SMILES string of the molecule is CCCc1nc2cccc(-c3cnn(C)c3)c2c(=O)[nH]1. The zero-order valence-corrected chi connectivity index (χ0v) is 11.6. The number of hydrogen-bond acceptors (Lipinski definition) is 3. The van der Waals surface area contributed by atoms with Gasteiger partial charge in [-0.15, -0.1) is 0 Å². The molecule has 0 spiro atoms. The number of hydrogen-bond donors (Lipinski definition) is 1. The molecule has 2 aromatic heterocycles. The van der Waals surface area contributed by atoms with Crippen molar-refractivity contribution in [3.63, 3.8) is 0 Å². The van der Waals surface area contributed by atoms with Gasteiger partial charge >= 0.3 is 0 Å². The van der Waals surface area contributed by atoms with E-state index in [1.807, 2.05) is 31.4 Å². The number of aryl methyl sites for hydroxylation is 2. The van der Waals surface area contributed by atoms with E-state index < -0.39 is 0 Å². The maximum Gasteiger partial charge on any atom is 0.259 e. The topological polar surface area (TPSA) is 63.6 Å². The summed E-state index contributed by atoms with van der Waals surface area (Å²) < 4.78 is 1.72. The minimum Gasteiger partial charge on any atom is -0.310 e. The molecule has 0 radical (unpaired) electrons. The Morgan fingerprint density at radius 2 is 2.20 bits per heavy atom. The number of rotatable bonds is 3. The second kappa shape index (κ2) is 4.92. The van der Waals surface area contributed by atoms with Gasteiger partial charge in [0.05, 0.1) is 17.1 Å². The number of fused-ring (bicyclic) bond motifs is 1. The number of benzene rings is 1. The normalized spacial score (nSPS) is 11.1. The molecule has 3 aromatic rings. The first-order valence-electron chi connectivity index (χ1n) is 6.70. The molecule has 5 nitrogen and oxygen atoms in total. The molecule has 5 heteroatoms. The number of H-pyrrole nitrogens is 1. The summed E-state index contributed by atoms with van der Waals surface area (Å²) in [5, 5.41) is 4.79. The fourth-order valence-corrected chi connectivity index (χ4v) is 2.39. The Kier molecular flexibility index (Phi) is 3.10. The van der Waals surface area contributed by atoms with Crippen LogP contribution in [0.2, 0.25) is 0 Å². The summed E-state index contributed by atoms with van der Waals surface area (Å²) >= 11 is 0. The Bertz CT molecular complexity index is 816. The minimum atomic E-state index is -0.0853. The van der Waals surface area contributed by atoms with Crippen LogP contribution in [0.4, 0.5) is 0 Å². The fraction of sp³-hybridized carbons (Fsp3) is 0.267. The molecule has 0 amide bonds. The molecule has 0 bridgehead atoms. The molecule has 1 aromatic carbocycles. The molecule has 0 aliphatic carbocycles. The van der Waals surface area contributed by atoms with Gasteiger partial charge in [-0.05, 0) is 18.1 Å². The van der Waals surface area contributed by atoms with Gasteiger partial charge in [-0.3, -0.25) is 9.48 Å². The zero-order chi connectivity index (χ0) is 14.1. The molecule has 0 unspecified atom stereocenters. The lowest BCUT2D eigenvalue weighted by molar-refractivity contribution is 0.768. The van der Waals surface area contributed by atoms with Crippen LogP contribution in [0.15, 0.2) is 35.4 Å². The number of aromatic amines is 1. The van der Waals surface area contributed by atoms with E-state index in [-0.39, 0.29) is 5.56 Å². The number of nitrogens with zero attached hydrogens (tertiary/aromatic N) is 3. The molecular weight excluding hydrogens is 252 g/mol. The van der Waals surface area contributed by atoms with E-state index >= 15 is 0 Å². The standard InChI is InChI=1S/C15H16N4O/c1-3-5-13-17-12-7-4-6-11(14(12)15(20)18-13)10-8-16-19(2)9-10/h4,6-9H,3,5H2,1-2H3,(H,17,18,20). The average Bonchev–Trinajstić information content (AvgIpc) is 2.85. The number of nitrogens with one attached hydrogen (secondary N) is 1. The van der Waals surface area contributed by atoms with Gasteiger partial charge in [-0.25, -0.2) is 4.98 Å². The van der Waals surface area contributed by atoms with Crippen LogP contribution in [0.1, 0.15) is 19.2 Å². The lowest BCUT2D eigenvalue weighted by Crippen LogP contribution is -2.12. The van der Waals surface area contributed by atoms with Crippen molar-refractivity contribution < 1.29 is 0 Å². The fourth-order valence-electron chi connectivity index (χ4n) is 2.39. The van der Waals surface area contributed by atoms with Gasteiger partial charge in [0.15, 0.2) is 0 Å². The first-order valence-corrected chi connectivity index (χ1v) is 6.70. The van der Waals surface area contributed by atoms with E-state index in [2.05, 4.69) is 22.0 Å². The summed E-state index contributed by atoms with van der Waals surface area (Å²) in [6, 6.07) is 5.73. The van der Waals surface area contributed by atoms with Gasteiger partial charge in [0.1, 0.15) is 5.82 Å². The highest BCUT2D eigenvalue weighted by Crippen LogP contribution is 2.24. The quantitative estimate of drug-likeness (QED) is 0.792. The van der Waals surface area contributed by atoms with Crippen LogP contribution in [-0.2, 0) is 13.5 Å². The third kappa shape index (κ3) is 2.11. The minimum absolute atomic E-state index is 0.0853. The van der Waals surface area contributed by atoms with Crippen LogP contribution < -0.4 is 5.56 Å². The Morgan fingerprint density at radius 1 is 1.35 bits per heavy atom. The average molecular weight is 268 g/mol. The van der Waals surface area contributed by atoms with Crippen molar-refractivity contribution in [2.24, 2.45) is 7.05 Å². The van der Waals surface area contributed by atoms with Crippen LogP contribution in [0, 0.1) is 0 Å². The third-order valence-corrected chi connectivity index (χ3v) is 3.29. The lowest BCUT2D eigenvalue weighted by atomic mass is 10.0. The maximum absolute atomic E-state index is 12.4. The van der Waals surface area contributed by atoms with Crippen LogP contribution in [0.3, 0.4) is 0 Å². The molecule has 0 fully saturated rings. The Hall–Kier alpha value is -2.43. The third-order valence-electron chi connectivity index (χ3n) is 3.29. The monoisotopic (exact) mass is 268 g/mol. The highest BCUT2D eigenvalue weighted by Gasteiger charge is 2.11. The van der Waals surface area contributed by atoms with Crippen molar-refractivity contribution >= 4 is 10.9 Å². The van der Waals surface area contributed by atoms with Gasteiger partial charge in [0, 0.05) is 25.2 Å². The molecule has 0 atom stereocenters. The maximum atomic E-state index is 12.4. The number of aromatic nitrogens is 4. The Morgan fingerprint density at radius 3 is 2.90 bits per heavy atom. The highest BCUT2D eigenvalue weighted by molar-refractivity contribution is 5.93. The predicted octanol–water partition coefficient (Wildman–Crippen LogP) is 2.28. The smallest absolute Gasteiger partial charge is 0.259 e. The summed E-state index contributed by atoms with van der Waals surface area (Å²) in [5.41, 5.74) is 2.44. The van der Waals surface area contributed by atoms with E-state index in [0.29, 0.717) is 5.39 Å². The van der Waals surface area contributed by atoms with Gasteiger partial charge in [-0.1, -0.05) is 19.1 Å². The summed E-state index contributed by atoms with van der Waals surface area (Å²) in [7, 11) is 1.86. The van der Waals surface area contributed by atoms with E-state index in [4.69, 9.17) is 0 Å². The zero-order valence-electron chi connectivity index (χ0n) is 11.6. The predicted molar refractivity (Wildman–Crippen MR) is 78.6 cm³/mol. The van der Waals surface area contributed by atoms with E-state index in [1.165, 1.54) is 0 Å². The van der Waals surface area contributed by atoms with Crippen molar-refractivity contribution in [2.75, 3.05) is 0 Å². The van der Waals surface area contributed by atoms with Crippen LogP contribution in [0.25, 0.3) is 22.0 Å². The van der Waals surface area contributed by atoms with Crippen molar-refractivity contribution in [1.82, 2.24) is 19.7 Å². The molecular formula is C15H16N4O. The lowest BCUT2D eigenvalue weighted by Gasteiger charge is -2.05.